The molecule has 1 aromatic rings. The maximum Gasteiger partial charge on any atom is 0.308 e. The van der Waals surface area contributed by atoms with Crippen molar-refractivity contribution in [2.24, 2.45) is 0 Å². The Hall–Kier alpha value is -0.930. The zero-order chi connectivity index (χ0) is 12.1. The average molecular weight is 263 g/mol. The quantitative estimate of drug-likeness (QED) is 0.885. The van der Waals surface area contributed by atoms with Gasteiger partial charge >= 0.3 is 5.97 Å². The van der Waals surface area contributed by atoms with E-state index in [0.29, 0.717) is 28.0 Å². The van der Waals surface area contributed by atoms with Crippen LogP contribution in [0.3, 0.4) is 0 Å². The van der Waals surface area contributed by atoms with Gasteiger partial charge in [0, 0.05) is 15.6 Å². The van der Waals surface area contributed by atoms with Gasteiger partial charge in [-0.2, -0.15) is 0 Å². The van der Waals surface area contributed by atoms with Crippen LogP contribution in [0.4, 0.5) is 0 Å². The third kappa shape index (κ3) is 3.58. The third-order valence-electron chi connectivity index (χ3n) is 1.91. The zero-order valence-corrected chi connectivity index (χ0v) is 10.3. The summed E-state index contributed by atoms with van der Waals surface area (Å²) in [6.07, 6.45) is 0.658. The van der Waals surface area contributed by atoms with E-state index in [0.717, 1.165) is 6.42 Å². The molecule has 1 rings (SSSR count). The molecule has 0 aromatic heterocycles. The Balaban J connectivity index is 3.05. The topological polar surface area (TPSA) is 46.5 Å². The third-order valence-corrected chi connectivity index (χ3v) is 2.46. The van der Waals surface area contributed by atoms with Crippen molar-refractivity contribution in [1.29, 1.82) is 0 Å². The van der Waals surface area contributed by atoms with Crippen LogP contribution in [0.2, 0.25) is 10.0 Å². The van der Waals surface area contributed by atoms with Crippen molar-refractivity contribution in [3.05, 3.63) is 27.7 Å². The van der Waals surface area contributed by atoms with Gasteiger partial charge in [0.15, 0.2) is 0 Å². The molecule has 0 aliphatic carbocycles. The molecule has 16 heavy (non-hydrogen) atoms. The molecular formula is C11H12Cl2O3. The molecule has 0 heterocycles. The second-order valence-electron chi connectivity index (χ2n) is 3.28. The minimum absolute atomic E-state index is 0.172. The molecule has 0 fully saturated rings. The Kier molecular flexibility index (Phi) is 4.90. The Morgan fingerprint density at radius 1 is 1.44 bits per heavy atom. The highest BCUT2D eigenvalue weighted by Gasteiger charge is 2.13. The van der Waals surface area contributed by atoms with Gasteiger partial charge in [0.1, 0.15) is 5.75 Å². The molecule has 1 aromatic carbocycles. The summed E-state index contributed by atoms with van der Waals surface area (Å²) >= 11 is 11.8. The first-order valence-corrected chi connectivity index (χ1v) is 5.62. The summed E-state index contributed by atoms with van der Waals surface area (Å²) in [5.41, 5.74) is 0.465. The van der Waals surface area contributed by atoms with Crippen LogP contribution in [0, 0.1) is 0 Å². The van der Waals surface area contributed by atoms with Crippen molar-refractivity contribution in [2.75, 3.05) is 6.61 Å². The number of carboxylic acids is 1. The molecule has 1 N–H and O–H groups in total. The van der Waals surface area contributed by atoms with Crippen LogP contribution in [0.25, 0.3) is 0 Å². The number of benzene rings is 1. The van der Waals surface area contributed by atoms with Crippen LogP contribution in [-0.4, -0.2) is 17.7 Å². The smallest absolute Gasteiger partial charge is 0.308 e. The molecule has 0 saturated heterocycles. The monoisotopic (exact) mass is 262 g/mol. The first kappa shape index (κ1) is 13.1. The molecule has 0 amide bonds. The lowest BCUT2D eigenvalue weighted by Gasteiger charge is -2.11. The fourth-order valence-corrected chi connectivity index (χ4v) is 1.79. The van der Waals surface area contributed by atoms with Crippen molar-refractivity contribution in [2.45, 2.75) is 19.8 Å². The summed E-state index contributed by atoms with van der Waals surface area (Å²) in [5, 5.41) is 9.52. The summed E-state index contributed by atoms with van der Waals surface area (Å²) in [6, 6.07) is 3.10. The van der Waals surface area contributed by atoms with Gasteiger partial charge in [-0.25, -0.2) is 0 Å². The van der Waals surface area contributed by atoms with E-state index >= 15 is 0 Å². The number of hydrogen-bond donors (Lipinski definition) is 1. The van der Waals surface area contributed by atoms with Gasteiger partial charge in [0.05, 0.1) is 13.0 Å². The molecule has 0 aliphatic rings. The molecule has 0 radical (unpaired) electrons. The van der Waals surface area contributed by atoms with Crippen LogP contribution in [-0.2, 0) is 11.2 Å². The van der Waals surface area contributed by atoms with Crippen molar-refractivity contribution < 1.29 is 14.6 Å². The van der Waals surface area contributed by atoms with Crippen molar-refractivity contribution in [3.8, 4) is 5.75 Å². The van der Waals surface area contributed by atoms with E-state index in [2.05, 4.69) is 0 Å². The van der Waals surface area contributed by atoms with E-state index < -0.39 is 5.97 Å². The number of carbonyl (C=O) groups is 1. The van der Waals surface area contributed by atoms with E-state index in [1.165, 1.54) is 6.07 Å². The molecule has 0 aliphatic heterocycles. The molecule has 3 nitrogen and oxygen atoms in total. The largest absolute Gasteiger partial charge is 0.493 e. The Bertz CT molecular complexity index is 391. The summed E-state index contributed by atoms with van der Waals surface area (Å²) < 4.78 is 5.42. The fourth-order valence-electron chi connectivity index (χ4n) is 1.24. The predicted molar refractivity (Wildman–Crippen MR) is 63.6 cm³/mol. The van der Waals surface area contributed by atoms with Crippen LogP contribution in [0.1, 0.15) is 18.9 Å². The first-order valence-electron chi connectivity index (χ1n) is 4.87. The standard InChI is InChI=1S/C11H12Cl2O3/c1-2-3-16-10-5-7(12)4-9(13)8(10)6-11(14)15/h4-5H,2-3,6H2,1H3,(H,14,15). The van der Waals surface area contributed by atoms with Gasteiger partial charge in [-0.3, -0.25) is 4.79 Å². The lowest BCUT2D eigenvalue weighted by molar-refractivity contribution is -0.136. The van der Waals surface area contributed by atoms with E-state index in [1.54, 1.807) is 6.07 Å². The number of carboxylic acid groups (broad SMARTS) is 1. The number of rotatable bonds is 5. The Morgan fingerprint density at radius 2 is 2.12 bits per heavy atom. The molecular weight excluding hydrogens is 251 g/mol. The molecule has 0 saturated carbocycles. The minimum Gasteiger partial charge on any atom is -0.493 e. The summed E-state index contributed by atoms with van der Waals surface area (Å²) in [4.78, 5) is 10.7. The van der Waals surface area contributed by atoms with Gasteiger partial charge < -0.3 is 9.84 Å². The number of halogens is 2. The Labute approximate surface area is 104 Å². The van der Waals surface area contributed by atoms with Crippen molar-refractivity contribution >= 4 is 29.2 Å². The van der Waals surface area contributed by atoms with E-state index in [9.17, 15) is 4.79 Å². The number of ether oxygens (including phenoxy) is 1. The van der Waals surface area contributed by atoms with Crippen LogP contribution in [0.15, 0.2) is 12.1 Å². The second-order valence-corrected chi connectivity index (χ2v) is 4.13. The maximum absolute atomic E-state index is 10.7. The predicted octanol–water partition coefficient (Wildman–Crippen LogP) is 3.41. The molecule has 5 heteroatoms. The van der Waals surface area contributed by atoms with Crippen molar-refractivity contribution in [1.82, 2.24) is 0 Å². The zero-order valence-electron chi connectivity index (χ0n) is 8.80. The molecule has 0 unspecified atom stereocenters. The number of hydrogen-bond acceptors (Lipinski definition) is 2. The molecule has 0 spiro atoms. The van der Waals surface area contributed by atoms with Gasteiger partial charge in [-0.15, -0.1) is 0 Å². The van der Waals surface area contributed by atoms with E-state index in [4.69, 9.17) is 33.0 Å². The summed E-state index contributed by atoms with van der Waals surface area (Å²) in [6.45, 7) is 2.46. The van der Waals surface area contributed by atoms with Crippen LogP contribution < -0.4 is 4.74 Å². The first-order chi connectivity index (χ1) is 7.54. The van der Waals surface area contributed by atoms with Gasteiger partial charge in [0.2, 0.25) is 0 Å². The highest BCUT2D eigenvalue weighted by molar-refractivity contribution is 6.35. The molecule has 0 bridgehead atoms. The average Bonchev–Trinajstić information content (AvgIpc) is 2.19. The highest BCUT2D eigenvalue weighted by atomic mass is 35.5. The lowest BCUT2D eigenvalue weighted by atomic mass is 10.1. The Morgan fingerprint density at radius 3 is 2.69 bits per heavy atom. The highest BCUT2D eigenvalue weighted by Crippen LogP contribution is 2.31. The lowest BCUT2D eigenvalue weighted by Crippen LogP contribution is -2.05. The fraction of sp³-hybridized carbons (Fsp3) is 0.364. The van der Waals surface area contributed by atoms with Crippen LogP contribution in [0.5, 0.6) is 5.75 Å². The van der Waals surface area contributed by atoms with Gasteiger partial charge in [-0.05, 0) is 18.6 Å². The van der Waals surface area contributed by atoms with E-state index in [-0.39, 0.29) is 6.42 Å². The van der Waals surface area contributed by atoms with Crippen LogP contribution >= 0.6 is 23.2 Å². The normalized spacial score (nSPS) is 10.2. The minimum atomic E-state index is -0.953. The summed E-state index contributed by atoms with van der Waals surface area (Å²) in [5.74, 6) is -0.507. The molecule has 88 valence electrons. The van der Waals surface area contributed by atoms with E-state index in [1.807, 2.05) is 6.92 Å². The van der Waals surface area contributed by atoms with Crippen molar-refractivity contribution in [3.63, 3.8) is 0 Å². The SMILES string of the molecule is CCCOc1cc(Cl)cc(Cl)c1CC(=O)O. The maximum atomic E-state index is 10.7. The van der Waals surface area contributed by atoms with Gasteiger partial charge in [-0.1, -0.05) is 30.1 Å². The number of aliphatic carboxylic acids is 1. The van der Waals surface area contributed by atoms with Gasteiger partial charge in [0.25, 0.3) is 0 Å². The second kappa shape index (κ2) is 5.97. The molecule has 0 atom stereocenters. The summed E-state index contributed by atoms with van der Waals surface area (Å²) in [7, 11) is 0.